The van der Waals surface area contributed by atoms with Crippen LogP contribution in [0.15, 0.2) is 67.3 Å². The fraction of sp³-hybridized carbons (Fsp3) is 0.154. The number of H-pyrrole nitrogens is 2. The van der Waals surface area contributed by atoms with E-state index in [1.165, 1.54) is 5.57 Å². The van der Waals surface area contributed by atoms with Crippen LogP contribution in [0.3, 0.4) is 0 Å². The third kappa shape index (κ3) is 4.08. The van der Waals surface area contributed by atoms with E-state index >= 15 is 0 Å². The lowest BCUT2D eigenvalue weighted by Gasteiger charge is -2.26. The maximum atomic E-state index is 12.6. The highest BCUT2D eigenvalue weighted by Gasteiger charge is 2.19. The van der Waals surface area contributed by atoms with Crippen molar-refractivity contribution in [3.63, 3.8) is 0 Å². The molecule has 0 aliphatic carbocycles. The van der Waals surface area contributed by atoms with Crippen molar-refractivity contribution < 1.29 is 4.79 Å². The molecular weight excluding hydrogens is 440 g/mol. The third-order valence-electron chi connectivity index (χ3n) is 6.33. The second kappa shape index (κ2) is 8.60. The van der Waals surface area contributed by atoms with E-state index in [-0.39, 0.29) is 6.03 Å². The van der Waals surface area contributed by atoms with Crippen molar-refractivity contribution in [1.29, 1.82) is 0 Å². The molecule has 4 N–H and O–H groups in total. The van der Waals surface area contributed by atoms with E-state index in [1.54, 1.807) is 35.6 Å². The summed E-state index contributed by atoms with van der Waals surface area (Å²) in [5.41, 5.74) is 7.93. The average Bonchev–Trinajstić information content (AvgIpc) is 3.53. The highest BCUT2D eigenvalue weighted by atomic mass is 16.2. The van der Waals surface area contributed by atoms with Crippen LogP contribution >= 0.6 is 0 Å². The van der Waals surface area contributed by atoms with Gasteiger partial charge in [0.15, 0.2) is 0 Å². The molecule has 9 heteroatoms. The minimum Gasteiger partial charge on any atom is -0.355 e. The summed E-state index contributed by atoms with van der Waals surface area (Å²) in [5, 5.41) is 15.7. The van der Waals surface area contributed by atoms with Crippen LogP contribution in [0.5, 0.6) is 0 Å². The van der Waals surface area contributed by atoms with Gasteiger partial charge < -0.3 is 20.5 Å². The van der Waals surface area contributed by atoms with Gasteiger partial charge in [-0.3, -0.25) is 10.1 Å². The molecule has 0 atom stereocenters. The third-order valence-corrected chi connectivity index (χ3v) is 6.33. The zero-order valence-corrected chi connectivity index (χ0v) is 19.2. The summed E-state index contributed by atoms with van der Waals surface area (Å²) >= 11 is 0. The molecule has 1 aromatic carbocycles. The van der Waals surface area contributed by atoms with Gasteiger partial charge in [-0.05, 0) is 60.9 Å². The Bertz CT molecular complexity index is 1570. The molecule has 0 saturated carbocycles. The number of carbonyl (C=O) groups is 1. The van der Waals surface area contributed by atoms with Gasteiger partial charge in [-0.2, -0.15) is 5.10 Å². The second-order valence-corrected chi connectivity index (χ2v) is 8.65. The topological polar surface area (TPSA) is 115 Å². The normalized spacial score (nSPS) is 13.7. The Balaban J connectivity index is 1.21. The van der Waals surface area contributed by atoms with Gasteiger partial charge in [-0.25, -0.2) is 9.78 Å². The number of urea groups is 1. The van der Waals surface area contributed by atoms with E-state index in [9.17, 15) is 4.79 Å². The summed E-state index contributed by atoms with van der Waals surface area (Å²) in [6.07, 6.45) is 9.82. The average molecular weight is 465 g/mol. The number of pyridine rings is 2. The molecule has 0 bridgehead atoms. The van der Waals surface area contributed by atoms with Crippen LogP contribution in [0.4, 0.5) is 21.9 Å². The van der Waals surface area contributed by atoms with Gasteiger partial charge in [0, 0.05) is 59.5 Å². The van der Waals surface area contributed by atoms with Gasteiger partial charge >= 0.3 is 6.03 Å². The van der Waals surface area contributed by atoms with Gasteiger partial charge in [0.05, 0.1) is 17.4 Å². The monoisotopic (exact) mass is 464 g/mol. The first-order valence-electron chi connectivity index (χ1n) is 11.5. The van der Waals surface area contributed by atoms with Gasteiger partial charge in [-0.15, -0.1) is 0 Å². The second-order valence-electron chi connectivity index (χ2n) is 8.65. The van der Waals surface area contributed by atoms with Crippen molar-refractivity contribution in [3.05, 3.63) is 78.5 Å². The number of aromatic nitrogens is 5. The Morgan fingerprint density at radius 2 is 1.97 bits per heavy atom. The Morgan fingerprint density at radius 3 is 2.80 bits per heavy atom. The van der Waals surface area contributed by atoms with E-state index in [0.717, 1.165) is 56.7 Å². The number of aryl methyl sites for hydroxylation is 1. The molecule has 0 saturated heterocycles. The molecule has 1 aliphatic heterocycles. The highest BCUT2D eigenvalue weighted by molar-refractivity contribution is 5.95. The number of hydrogen-bond donors (Lipinski definition) is 4. The Kier molecular flexibility index (Phi) is 5.14. The molecular formula is C26H24N8O. The number of carbonyl (C=O) groups excluding carboxylic acids is 1. The lowest BCUT2D eigenvalue weighted by Crippen LogP contribution is -2.37. The standard InChI is InChI=1S/C26H24N8O/c1-16-12-20(13-18-15-29-33-24(16)18)30-22-4-9-28-25-21(22)14-23(32-25)17-5-10-34(11-6-17)26(35)31-19-2-7-27-8-3-19/h2-5,7-9,12-15H,6,10-11H2,1H3,(H,29,33)(H,27,31,35)(H2,28,30,32). The van der Waals surface area contributed by atoms with Gasteiger partial charge in [0.2, 0.25) is 0 Å². The Morgan fingerprint density at radius 1 is 1.09 bits per heavy atom. The molecule has 1 aliphatic rings. The Labute approximate surface area is 201 Å². The van der Waals surface area contributed by atoms with Gasteiger partial charge in [0.1, 0.15) is 5.65 Å². The SMILES string of the molecule is Cc1cc(Nc2ccnc3[nH]c(C4=CCN(C(=O)Nc5ccncc5)CC4)cc23)cc2cn[nH]c12. The molecule has 0 unspecified atom stereocenters. The minimum absolute atomic E-state index is 0.110. The largest absolute Gasteiger partial charge is 0.355 e. The Hall–Kier alpha value is -4.66. The maximum absolute atomic E-state index is 12.6. The smallest absolute Gasteiger partial charge is 0.322 e. The van der Waals surface area contributed by atoms with E-state index < -0.39 is 0 Å². The first-order valence-corrected chi connectivity index (χ1v) is 11.5. The summed E-state index contributed by atoms with van der Waals surface area (Å²) in [6, 6.07) is 11.8. The molecule has 0 radical (unpaired) electrons. The number of nitrogens with one attached hydrogen (secondary N) is 4. The number of fused-ring (bicyclic) bond motifs is 2. The van der Waals surface area contributed by atoms with E-state index in [1.807, 2.05) is 12.3 Å². The van der Waals surface area contributed by atoms with Crippen molar-refractivity contribution in [2.24, 2.45) is 0 Å². The molecule has 174 valence electrons. The molecule has 0 fully saturated rings. The summed E-state index contributed by atoms with van der Waals surface area (Å²) < 4.78 is 0. The van der Waals surface area contributed by atoms with Crippen LogP contribution in [0.2, 0.25) is 0 Å². The van der Waals surface area contributed by atoms with Crippen LogP contribution in [0.1, 0.15) is 17.7 Å². The summed E-state index contributed by atoms with van der Waals surface area (Å²) in [4.78, 5) is 26.4. The molecule has 5 aromatic rings. The predicted molar refractivity (Wildman–Crippen MR) is 138 cm³/mol. The quantitative estimate of drug-likeness (QED) is 0.292. The lowest BCUT2D eigenvalue weighted by molar-refractivity contribution is 0.217. The van der Waals surface area contributed by atoms with Crippen LogP contribution in [0, 0.1) is 6.92 Å². The number of rotatable bonds is 4. The predicted octanol–water partition coefficient (Wildman–Crippen LogP) is 5.21. The lowest BCUT2D eigenvalue weighted by atomic mass is 10.0. The highest BCUT2D eigenvalue weighted by Crippen LogP contribution is 2.31. The maximum Gasteiger partial charge on any atom is 0.322 e. The molecule has 9 nitrogen and oxygen atoms in total. The molecule has 0 spiro atoms. The summed E-state index contributed by atoms with van der Waals surface area (Å²) in [5.74, 6) is 0. The summed E-state index contributed by atoms with van der Waals surface area (Å²) in [7, 11) is 0. The zero-order valence-electron chi connectivity index (χ0n) is 19.2. The number of anilines is 3. The molecule has 35 heavy (non-hydrogen) atoms. The van der Waals surface area contributed by atoms with Crippen molar-refractivity contribution in [2.75, 3.05) is 23.7 Å². The molecule has 2 amide bonds. The zero-order chi connectivity index (χ0) is 23.8. The number of amides is 2. The number of hydrogen-bond acceptors (Lipinski definition) is 5. The van der Waals surface area contributed by atoms with Crippen LogP contribution in [0.25, 0.3) is 27.5 Å². The minimum atomic E-state index is -0.110. The van der Waals surface area contributed by atoms with Gasteiger partial charge in [0.25, 0.3) is 0 Å². The molecule has 6 rings (SSSR count). The first kappa shape index (κ1) is 20.9. The number of nitrogens with zero attached hydrogens (tertiary/aromatic N) is 4. The van der Waals surface area contributed by atoms with Crippen LogP contribution in [-0.2, 0) is 0 Å². The van der Waals surface area contributed by atoms with Crippen LogP contribution < -0.4 is 10.6 Å². The number of benzene rings is 1. The summed E-state index contributed by atoms with van der Waals surface area (Å²) in [6.45, 7) is 3.25. The van der Waals surface area contributed by atoms with Crippen molar-refractivity contribution in [1.82, 2.24) is 30.0 Å². The fourth-order valence-electron chi connectivity index (χ4n) is 4.51. The van der Waals surface area contributed by atoms with E-state index in [4.69, 9.17) is 0 Å². The van der Waals surface area contributed by atoms with E-state index in [2.05, 4.69) is 67.0 Å². The molecule has 4 aromatic heterocycles. The van der Waals surface area contributed by atoms with Crippen molar-refractivity contribution >= 4 is 50.6 Å². The van der Waals surface area contributed by atoms with Gasteiger partial charge in [-0.1, -0.05) is 6.08 Å². The first-order chi connectivity index (χ1) is 17.1. The van der Waals surface area contributed by atoms with Crippen LogP contribution in [-0.4, -0.2) is 49.2 Å². The van der Waals surface area contributed by atoms with Crippen molar-refractivity contribution in [3.8, 4) is 0 Å². The van der Waals surface area contributed by atoms with Crippen molar-refractivity contribution in [2.45, 2.75) is 13.3 Å². The molecule has 5 heterocycles. The van der Waals surface area contributed by atoms with E-state index in [0.29, 0.717) is 13.1 Å². The number of aromatic amines is 2. The fourth-order valence-corrected chi connectivity index (χ4v) is 4.51.